The minimum absolute atomic E-state index is 0.00852. The number of amides is 1. The number of rotatable bonds is 15. The highest BCUT2D eigenvalue weighted by Gasteiger charge is 2.45. The van der Waals surface area contributed by atoms with Gasteiger partial charge in [-0.2, -0.15) is 0 Å². The topological polar surface area (TPSA) is 206 Å². The first-order valence-electron chi connectivity index (χ1n) is 23.2. The number of cyclic esters (lactones) is 1. The first kappa shape index (κ1) is 52.5. The number of carbonyl (C=O) groups is 2. The van der Waals surface area contributed by atoms with Crippen molar-refractivity contribution in [2.45, 2.75) is 173 Å². The maximum Gasteiger partial charge on any atom is 0.309 e. The number of ether oxygens (including phenoxy) is 4. The molecule has 0 spiro atoms. The number of primary amides is 1. The van der Waals surface area contributed by atoms with Gasteiger partial charge in [-0.1, -0.05) is 39.8 Å². The van der Waals surface area contributed by atoms with Crippen LogP contribution in [-0.4, -0.2) is 151 Å². The molecule has 0 aliphatic carbocycles. The van der Waals surface area contributed by atoms with Crippen LogP contribution in [0, 0.1) is 17.8 Å². The van der Waals surface area contributed by atoms with E-state index in [-0.39, 0.29) is 35.9 Å². The number of likely N-dealkylation sites (N-methyl/N-ethyl adjacent to an activating group) is 1. The van der Waals surface area contributed by atoms with E-state index in [1.54, 1.807) is 20.2 Å². The first-order valence-corrected chi connectivity index (χ1v) is 23.2. The number of nitrogens with one attached hydrogen (secondary N) is 1. The molecule has 1 aromatic rings. The zero-order valence-corrected chi connectivity index (χ0v) is 39.6. The van der Waals surface area contributed by atoms with E-state index in [2.05, 4.69) is 10.2 Å². The third kappa shape index (κ3) is 14.0. The van der Waals surface area contributed by atoms with Crippen LogP contribution in [0.15, 0.2) is 36.2 Å². The first-order chi connectivity index (χ1) is 29.7. The van der Waals surface area contributed by atoms with Crippen molar-refractivity contribution in [1.82, 2.24) is 15.1 Å². The van der Waals surface area contributed by atoms with E-state index in [9.17, 15) is 29.3 Å². The van der Waals surface area contributed by atoms with E-state index < -0.39 is 73.1 Å². The molecule has 3 fully saturated rings. The number of hydrogen-bond donors (Lipinski definition) is 6. The third-order valence-electron chi connectivity index (χ3n) is 13.9. The van der Waals surface area contributed by atoms with Crippen molar-refractivity contribution in [3.05, 3.63) is 41.7 Å². The van der Waals surface area contributed by atoms with Gasteiger partial charge in [0, 0.05) is 69.3 Å². The van der Waals surface area contributed by atoms with Crippen LogP contribution in [0.5, 0.6) is 0 Å². The molecule has 3 saturated heterocycles. The van der Waals surface area contributed by atoms with Crippen LogP contribution in [-0.2, 0) is 28.5 Å². The number of aliphatic hydroxyl groups excluding tert-OH is 2. The Morgan fingerprint density at radius 1 is 1.11 bits per heavy atom. The summed E-state index contributed by atoms with van der Waals surface area (Å²) in [4.78, 5) is 31.6. The highest BCUT2D eigenvalue weighted by atomic mass is 19.1. The number of halogens is 1. The van der Waals surface area contributed by atoms with Gasteiger partial charge in [-0.05, 0) is 103 Å². The molecule has 15 nitrogen and oxygen atoms in total. The third-order valence-corrected chi connectivity index (χ3v) is 13.9. The van der Waals surface area contributed by atoms with E-state index in [1.807, 2.05) is 82.8 Å². The summed E-state index contributed by atoms with van der Waals surface area (Å²) in [7, 11) is 5.46. The molecule has 1 aromatic carbocycles. The van der Waals surface area contributed by atoms with Gasteiger partial charge in [0.25, 0.3) is 0 Å². The summed E-state index contributed by atoms with van der Waals surface area (Å²) in [5, 5.41) is 37.7. The molecule has 3 heterocycles. The van der Waals surface area contributed by atoms with Gasteiger partial charge in [-0.25, -0.2) is 4.39 Å². The van der Waals surface area contributed by atoms with E-state index in [4.69, 9.17) is 30.4 Å². The van der Waals surface area contributed by atoms with Crippen LogP contribution in [0.1, 0.15) is 112 Å². The maximum atomic E-state index is 14.5. The summed E-state index contributed by atoms with van der Waals surface area (Å²) in [6.07, 6.45) is 1.28. The summed E-state index contributed by atoms with van der Waals surface area (Å²) < 4.78 is 39.2. The standard InChI is InChI=1S/C47H81FN6O9/c1-11-40-47(7,59)44(56)32(6)53(9)27-28(2)21-39(55)42(29(3)22-30(4)46(58)62-40)63-41-24-36(23-31(5)61-41)52(8)20-18-34(49)26-51-37(25-48)43(60-10)33-14-16-35(17-15-33)54-19-12-13-38(54)45(50)57/h14-17,26,28-32,36-44,51,55-56,59H,11-13,18-25,27,49H2,1-10H3,(H2,50,57)/b34-26-/t28-,29+,30-,31-,32-,36+,37-,38+,39-,40-,41+,42?,43-,44-,47-/m1/s1. The molecule has 0 bridgehead atoms. The summed E-state index contributed by atoms with van der Waals surface area (Å²) in [6.45, 7) is 14.2. The van der Waals surface area contributed by atoms with Crippen LogP contribution in [0.3, 0.4) is 0 Å². The number of anilines is 1. The van der Waals surface area contributed by atoms with Gasteiger partial charge in [0.1, 0.15) is 36.6 Å². The lowest BCUT2D eigenvalue weighted by atomic mass is 9.86. The van der Waals surface area contributed by atoms with Gasteiger partial charge in [-0.3, -0.25) is 9.59 Å². The normalized spacial score (nSPS) is 35.7. The number of nitrogens with two attached hydrogens (primary N) is 2. The van der Waals surface area contributed by atoms with E-state index in [0.29, 0.717) is 50.9 Å². The number of aliphatic hydroxyl groups is 3. The smallest absolute Gasteiger partial charge is 0.309 e. The van der Waals surface area contributed by atoms with Crippen molar-refractivity contribution in [3.63, 3.8) is 0 Å². The van der Waals surface area contributed by atoms with Crippen molar-refractivity contribution >= 4 is 17.6 Å². The maximum absolute atomic E-state index is 14.5. The monoisotopic (exact) mass is 893 g/mol. The molecule has 63 heavy (non-hydrogen) atoms. The number of carbonyl (C=O) groups excluding carboxylic acids is 2. The van der Waals surface area contributed by atoms with Crippen molar-refractivity contribution < 1.29 is 48.2 Å². The average Bonchev–Trinajstić information content (AvgIpc) is 3.74. The zero-order valence-electron chi connectivity index (χ0n) is 39.6. The molecule has 15 atom stereocenters. The second-order valence-corrected chi connectivity index (χ2v) is 19.2. The van der Waals surface area contributed by atoms with Crippen LogP contribution in [0.2, 0.25) is 0 Å². The molecule has 16 heteroatoms. The van der Waals surface area contributed by atoms with Crippen molar-refractivity contribution in [2.75, 3.05) is 52.4 Å². The van der Waals surface area contributed by atoms with Crippen molar-refractivity contribution in [2.24, 2.45) is 29.2 Å². The fraction of sp³-hybridized carbons (Fsp3) is 0.787. The van der Waals surface area contributed by atoms with Crippen molar-refractivity contribution in [1.29, 1.82) is 0 Å². The number of methoxy groups -OCH3 is 1. The Labute approximate surface area is 376 Å². The molecular weight excluding hydrogens is 812 g/mol. The second kappa shape index (κ2) is 23.9. The summed E-state index contributed by atoms with van der Waals surface area (Å²) in [5.41, 5.74) is 12.7. The van der Waals surface area contributed by atoms with E-state index in [1.165, 1.54) is 6.92 Å². The van der Waals surface area contributed by atoms with Crippen LogP contribution < -0.4 is 21.7 Å². The molecule has 4 rings (SSSR count). The lowest BCUT2D eigenvalue weighted by molar-refractivity contribution is -0.246. The number of benzene rings is 1. The fourth-order valence-corrected chi connectivity index (χ4v) is 9.90. The largest absolute Gasteiger partial charge is 0.459 e. The summed E-state index contributed by atoms with van der Waals surface area (Å²) in [6, 6.07) is 6.21. The van der Waals surface area contributed by atoms with Gasteiger partial charge in [0.05, 0.1) is 30.3 Å². The second-order valence-electron chi connectivity index (χ2n) is 19.2. The lowest BCUT2D eigenvalue weighted by Crippen LogP contribution is -2.58. The Kier molecular flexibility index (Phi) is 19.9. The number of nitrogens with zero attached hydrogens (tertiary/aromatic N) is 3. The quantitative estimate of drug-likeness (QED) is 0.138. The molecular formula is C47H81FN6O9. The molecule has 0 saturated carbocycles. The minimum Gasteiger partial charge on any atom is -0.459 e. The molecule has 1 amide bonds. The molecule has 3 aliphatic rings. The molecule has 360 valence electrons. The Hall–Kier alpha value is -3.09. The Balaban J connectivity index is 1.39. The summed E-state index contributed by atoms with van der Waals surface area (Å²) in [5.74, 6) is -1.63. The Morgan fingerprint density at radius 2 is 1.79 bits per heavy atom. The van der Waals surface area contributed by atoms with Gasteiger partial charge < -0.3 is 65.8 Å². The van der Waals surface area contributed by atoms with Gasteiger partial charge in [0.2, 0.25) is 5.91 Å². The van der Waals surface area contributed by atoms with E-state index in [0.717, 1.165) is 37.1 Å². The lowest BCUT2D eigenvalue weighted by Gasteiger charge is -2.42. The van der Waals surface area contributed by atoms with Crippen LogP contribution in [0.25, 0.3) is 0 Å². The zero-order chi connectivity index (χ0) is 46.8. The van der Waals surface area contributed by atoms with Gasteiger partial charge in [-0.15, -0.1) is 0 Å². The molecule has 3 aliphatic heterocycles. The number of esters is 1. The van der Waals surface area contributed by atoms with Crippen LogP contribution in [0.4, 0.5) is 10.1 Å². The van der Waals surface area contributed by atoms with Gasteiger partial charge in [0.15, 0.2) is 6.29 Å². The Bertz CT molecular complexity index is 1610. The highest BCUT2D eigenvalue weighted by Crippen LogP contribution is 2.33. The summed E-state index contributed by atoms with van der Waals surface area (Å²) >= 11 is 0. The molecule has 8 N–H and O–H groups in total. The van der Waals surface area contributed by atoms with Crippen molar-refractivity contribution in [3.8, 4) is 0 Å². The van der Waals surface area contributed by atoms with Gasteiger partial charge >= 0.3 is 5.97 Å². The highest BCUT2D eigenvalue weighted by molar-refractivity contribution is 5.84. The Morgan fingerprint density at radius 3 is 2.41 bits per heavy atom. The number of hydrogen-bond acceptors (Lipinski definition) is 14. The SMILES string of the molecule is CC[C@H]1OC(=O)[C@H](C)C[C@H](C)C(O[C@H]2C[C@@H](N(C)CC/C(N)=C/N[C@H](CF)[C@H](OC)c3ccc(N4CCC[C@H]4C(N)=O)cc3)C[C@@H](C)O2)[C@H](O)C[C@@H](C)CN(C)[C@H](C)[C@@H](O)[C@]1(C)O. The minimum atomic E-state index is -1.68. The fourth-order valence-electron chi connectivity index (χ4n) is 9.90. The average molecular weight is 893 g/mol. The molecule has 1 unspecified atom stereocenters. The predicted molar refractivity (Wildman–Crippen MR) is 242 cm³/mol. The van der Waals surface area contributed by atoms with Crippen LogP contribution >= 0.6 is 0 Å². The number of alkyl halides is 1. The molecule has 0 radical (unpaired) electrons. The van der Waals surface area contributed by atoms with E-state index >= 15 is 0 Å². The molecule has 0 aromatic heterocycles. The predicted octanol–water partition coefficient (Wildman–Crippen LogP) is 3.97.